The van der Waals surface area contributed by atoms with Crippen molar-refractivity contribution >= 4 is 59.8 Å². The van der Waals surface area contributed by atoms with Crippen molar-refractivity contribution in [2.45, 2.75) is 96.4 Å². The Bertz CT molecular complexity index is 2240. The van der Waals surface area contributed by atoms with E-state index in [1.54, 1.807) is 48.5 Å². The molecule has 2 aromatic heterocycles. The first kappa shape index (κ1) is 46.2. The Morgan fingerprint density at radius 2 is 1.45 bits per heavy atom. The number of fused-ring (bicyclic) bond motifs is 1. The Kier molecular flexibility index (Phi) is 16.5. The molecule has 17 nitrogen and oxygen atoms in total. The van der Waals surface area contributed by atoms with E-state index in [0.717, 1.165) is 31.1 Å². The third-order valence-corrected chi connectivity index (χ3v) is 11.9. The van der Waals surface area contributed by atoms with Crippen molar-refractivity contribution in [2.75, 3.05) is 31.9 Å². The highest BCUT2D eigenvalue weighted by Gasteiger charge is 2.32. The molecule has 1 aliphatic carbocycles. The Labute approximate surface area is 363 Å². The summed E-state index contributed by atoms with van der Waals surface area (Å²) in [5, 5.41) is 14.3. The molecule has 1 aliphatic heterocycles. The van der Waals surface area contributed by atoms with Crippen LogP contribution in [-0.4, -0.2) is 72.1 Å². The van der Waals surface area contributed by atoms with Crippen LogP contribution < -0.4 is 14.8 Å². The SMILES string of the molecule is CC(=O)Oc1ccccc1CCC(=O)OCOP(=O)(COC[C@@H]1CC[C@H](n2ccc3c(NC4CCCC4)c(C#N)c(Cl)nc32)O1)OCOC(=O)CCc1ccccc1OC(C)=O. The molecule has 0 radical (unpaired) electrons. The first-order valence-corrected chi connectivity index (χ1v) is 22.3. The number of aryl methyl sites for hydroxylation is 2. The van der Waals surface area contributed by atoms with Gasteiger partial charge < -0.3 is 38.3 Å². The van der Waals surface area contributed by atoms with E-state index in [4.69, 9.17) is 49.1 Å². The van der Waals surface area contributed by atoms with E-state index in [1.165, 1.54) is 13.8 Å². The molecule has 0 spiro atoms. The van der Waals surface area contributed by atoms with E-state index >= 15 is 0 Å². The molecular weight excluding hydrogens is 847 g/mol. The van der Waals surface area contributed by atoms with Gasteiger partial charge in [0, 0.05) is 44.3 Å². The Hall–Kier alpha value is -5.34. The van der Waals surface area contributed by atoms with Crippen molar-refractivity contribution in [3.05, 3.63) is 82.6 Å². The number of carbonyl (C=O) groups is 4. The number of nitrogens with zero attached hydrogens (tertiary/aromatic N) is 3. The molecule has 4 aromatic rings. The van der Waals surface area contributed by atoms with Gasteiger partial charge in [-0.05, 0) is 67.9 Å². The second kappa shape index (κ2) is 22.1. The van der Waals surface area contributed by atoms with Crippen LogP contribution in [0.1, 0.15) is 88.1 Å². The number of anilines is 1. The van der Waals surface area contributed by atoms with Crippen LogP contribution in [-0.2, 0) is 64.6 Å². The van der Waals surface area contributed by atoms with E-state index in [9.17, 15) is 29.0 Å². The predicted octanol–water partition coefficient (Wildman–Crippen LogP) is 7.91. The first-order chi connectivity index (χ1) is 29.9. The molecule has 2 atom stereocenters. The molecule has 6 rings (SSSR count). The minimum absolute atomic E-state index is 0.0171. The summed E-state index contributed by atoms with van der Waals surface area (Å²) >= 11 is 6.52. The highest BCUT2D eigenvalue weighted by molar-refractivity contribution is 7.53. The quantitative estimate of drug-likeness (QED) is 0.0277. The summed E-state index contributed by atoms with van der Waals surface area (Å²) in [6, 6.07) is 17.8. The van der Waals surface area contributed by atoms with E-state index in [2.05, 4.69) is 16.4 Å². The molecule has 330 valence electrons. The van der Waals surface area contributed by atoms with Gasteiger partial charge in [0.25, 0.3) is 0 Å². The molecule has 2 aliphatic rings. The van der Waals surface area contributed by atoms with Crippen LogP contribution in [0.2, 0.25) is 5.15 Å². The number of benzene rings is 2. The fraction of sp³-hybridized carbons (Fsp3) is 0.442. The minimum atomic E-state index is -4.23. The monoisotopic (exact) mass is 894 g/mol. The fourth-order valence-corrected chi connectivity index (χ4v) is 8.41. The highest BCUT2D eigenvalue weighted by atomic mass is 35.5. The second-order valence-corrected chi connectivity index (χ2v) is 17.0. The summed E-state index contributed by atoms with van der Waals surface area (Å²) < 4.78 is 59.5. The zero-order chi connectivity index (χ0) is 44.1. The maximum Gasteiger partial charge on any atom is 0.361 e. The number of carbonyl (C=O) groups excluding carboxylic acids is 4. The molecular formula is C43H48ClN4O13P. The number of para-hydroxylation sites is 2. The largest absolute Gasteiger partial charge is 0.438 e. The van der Waals surface area contributed by atoms with Crippen molar-refractivity contribution in [3.63, 3.8) is 0 Å². The number of halogens is 1. The van der Waals surface area contributed by atoms with Gasteiger partial charge in [0.15, 0.2) is 5.15 Å². The summed E-state index contributed by atoms with van der Waals surface area (Å²) in [6.45, 7) is 0.992. The number of hydrogen-bond donors (Lipinski definition) is 1. The third-order valence-electron chi connectivity index (χ3n) is 10.2. The molecule has 3 heterocycles. The number of rotatable bonds is 21. The van der Waals surface area contributed by atoms with Crippen LogP contribution in [0.15, 0.2) is 60.8 Å². The topological polar surface area (TPSA) is 213 Å². The lowest BCUT2D eigenvalue weighted by Gasteiger charge is -2.20. The maximum absolute atomic E-state index is 13.9. The van der Waals surface area contributed by atoms with Crippen molar-refractivity contribution in [2.24, 2.45) is 0 Å². The van der Waals surface area contributed by atoms with E-state index in [1.807, 2.05) is 16.8 Å². The highest BCUT2D eigenvalue weighted by Crippen LogP contribution is 2.48. The van der Waals surface area contributed by atoms with Crippen molar-refractivity contribution in [1.29, 1.82) is 5.26 Å². The smallest absolute Gasteiger partial charge is 0.361 e. The first-order valence-electron chi connectivity index (χ1n) is 20.2. The van der Waals surface area contributed by atoms with E-state index in [0.29, 0.717) is 52.4 Å². The van der Waals surface area contributed by atoms with E-state index < -0.39 is 63.7 Å². The van der Waals surface area contributed by atoms with Crippen LogP contribution in [0.4, 0.5) is 5.69 Å². The summed E-state index contributed by atoms with van der Waals surface area (Å²) in [5.74, 6) is -1.76. The maximum atomic E-state index is 13.9. The van der Waals surface area contributed by atoms with Crippen LogP contribution in [0, 0.1) is 11.3 Å². The molecule has 1 N–H and O–H groups in total. The van der Waals surface area contributed by atoms with Gasteiger partial charge in [-0.15, -0.1) is 0 Å². The van der Waals surface area contributed by atoms with Gasteiger partial charge in [0.1, 0.15) is 41.4 Å². The Balaban J connectivity index is 1.04. The summed E-state index contributed by atoms with van der Waals surface area (Å²) in [7, 11) is -4.23. The normalized spacial score (nSPS) is 16.5. The molecule has 0 amide bonds. The van der Waals surface area contributed by atoms with Gasteiger partial charge >= 0.3 is 31.5 Å². The van der Waals surface area contributed by atoms with E-state index in [-0.39, 0.29) is 43.5 Å². The molecule has 2 fully saturated rings. The molecule has 62 heavy (non-hydrogen) atoms. The lowest BCUT2D eigenvalue weighted by molar-refractivity contribution is -0.152. The molecule has 0 bridgehead atoms. The van der Waals surface area contributed by atoms with Gasteiger partial charge in [-0.3, -0.25) is 32.8 Å². The van der Waals surface area contributed by atoms with Gasteiger partial charge in [-0.25, -0.2) is 4.98 Å². The minimum Gasteiger partial charge on any atom is -0.438 e. The fourth-order valence-electron chi connectivity index (χ4n) is 7.21. The average Bonchev–Trinajstić information content (AvgIpc) is 4.02. The Morgan fingerprint density at radius 3 is 2.02 bits per heavy atom. The zero-order valence-corrected chi connectivity index (χ0v) is 36.0. The standard InChI is InChI=1S/C43H48ClN4O13P/c1-28(49)59-36-13-7-3-9-30(36)15-19-39(51)55-25-57-62(53,58-26-56-40(52)20-16-31-10-4-8-14-37(31)60-29(2)50)27-54-24-33-17-18-38(61-33)48-22-21-34-41(46-32-11-5-6-12-32)35(23-45)42(44)47-43(34)48/h3-4,7-10,13-14,21-22,32-33,38H,5-6,11-12,15-20,24-27H2,1-2H3,(H,46,47)/t33-,38+/m0/s1. The van der Waals surface area contributed by atoms with Gasteiger partial charge in [0.2, 0.25) is 13.6 Å². The predicted molar refractivity (Wildman–Crippen MR) is 223 cm³/mol. The number of aromatic nitrogens is 2. The van der Waals surface area contributed by atoms with Gasteiger partial charge in [0.05, 0.1) is 18.4 Å². The molecule has 19 heteroatoms. The number of esters is 4. The molecule has 2 aromatic carbocycles. The average molecular weight is 895 g/mol. The second-order valence-electron chi connectivity index (χ2n) is 14.7. The van der Waals surface area contributed by atoms with Crippen LogP contribution >= 0.6 is 19.2 Å². The zero-order valence-electron chi connectivity index (χ0n) is 34.4. The third kappa shape index (κ3) is 12.9. The number of nitriles is 1. The number of nitrogens with one attached hydrogen (secondary N) is 1. The lowest BCUT2D eigenvalue weighted by Crippen LogP contribution is -2.19. The summed E-state index contributed by atoms with van der Waals surface area (Å²) in [6.07, 6.45) is 5.93. The lowest BCUT2D eigenvalue weighted by atomic mass is 10.1. The van der Waals surface area contributed by atoms with Crippen LogP contribution in [0.25, 0.3) is 11.0 Å². The summed E-state index contributed by atoms with van der Waals surface area (Å²) in [4.78, 5) is 52.8. The molecule has 1 saturated carbocycles. The molecule has 1 saturated heterocycles. The van der Waals surface area contributed by atoms with Crippen molar-refractivity contribution in [3.8, 4) is 17.6 Å². The van der Waals surface area contributed by atoms with Crippen molar-refractivity contribution in [1.82, 2.24) is 9.55 Å². The van der Waals surface area contributed by atoms with Crippen molar-refractivity contribution < 1.29 is 61.2 Å². The number of ether oxygens (including phenoxy) is 6. The van der Waals surface area contributed by atoms with Crippen LogP contribution in [0.3, 0.4) is 0 Å². The molecule has 0 unspecified atom stereocenters. The van der Waals surface area contributed by atoms with Crippen LogP contribution in [0.5, 0.6) is 11.5 Å². The van der Waals surface area contributed by atoms with Gasteiger partial charge in [-0.1, -0.05) is 60.8 Å². The summed E-state index contributed by atoms with van der Waals surface area (Å²) in [5.41, 5.74) is 2.74. The number of pyridine rings is 1. The Morgan fingerprint density at radius 1 is 0.871 bits per heavy atom. The van der Waals surface area contributed by atoms with Gasteiger partial charge in [-0.2, -0.15) is 5.26 Å². The number of hydrogen-bond acceptors (Lipinski definition) is 16.